The minimum Gasteiger partial charge on any atom is -0.388 e. The second-order valence-electron chi connectivity index (χ2n) is 6.70. The summed E-state index contributed by atoms with van der Waals surface area (Å²) >= 11 is 0. The lowest BCUT2D eigenvalue weighted by Gasteiger charge is -2.35. The van der Waals surface area contributed by atoms with E-state index in [9.17, 15) is 14.7 Å². The highest BCUT2D eigenvalue weighted by Gasteiger charge is 2.38. The van der Waals surface area contributed by atoms with Crippen molar-refractivity contribution >= 4 is 5.91 Å². The Hall–Kier alpha value is -2.55. The van der Waals surface area contributed by atoms with Gasteiger partial charge in [-0.05, 0) is 31.7 Å². The minimum atomic E-state index is -0.432. The lowest BCUT2D eigenvalue weighted by molar-refractivity contribution is -0.123. The van der Waals surface area contributed by atoms with Gasteiger partial charge in [0.25, 0.3) is 0 Å². The molecular weight excluding hydrogens is 324 g/mol. The van der Waals surface area contributed by atoms with E-state index in [0.29, 0.717) is 11.9 Å². The molecule has 0 aromatic carbocycles. The predicted octanol–water partition coefficient (Wildman–Crippen LogP) is -0.276. The minimum absolute atomic E-state index is 0.0270. The molecule has 132 valence electrons. The van der Waals surface area contributed by atoms with E-state index in [-0.39, 0.29) is 31.0 Å². The molecule has 25 heavy (non-hydrogen) atoms. The van der Waals surface area contributed by atoms with Gasteiger partial charge in [-0.1, -0.05) is 0 Å². The van der Waals surface area contributed by atoms with Crippen LogP contribution in [0.2, 0.25) is 0 Å². The maximum atomic E-state index is 12.1. The Labute approximate surface area is 143 Å². The van der Waals surface area contributed by atoms with Gasteiger partial charge in [-0.15, -0.1) is 10.2 Å². The summed E-state index contributed by atoms with van der Waals surface area (Å²) in [5.74, 6) is 1.60. The van der Waals surface area contributed by atoms with Gasteiger partial charge in [0.05, 0.1) is 0 Å². The van der Waals surface area contributed by atoms with Crippen molar-refractivity contribution in [1.82, 2.24) is 29.6 Å². The van der Waals surface area contributed by atoms with Crippen LogP contribution >= 0.6 is 0 Å². The van der Waals surface area contributed by atoms with Gasteiger partial charge in [0.2, 0.25) is 5.91 Å². The van der Waals surface area contributed by atoms with Gasteiger partial charge < -0.3 is 15.0 Å². The average molecular weight is 344 g/mol. The fourth-order valence-electron chi connectivity index (χ4n) is 3.34. The normalized spacial score (nSPS) is 22.4. The molecule has 2 aromatic heterocycles. The molecule has 0 spiro atoms. The van der Waals surface area contributed by atoms with Gasteiger partial charge in [-0.25, -0.2) is 9.78 Å². The first-order chi connectivity index (χ1) is 12.2. The van der Waals surface area contributed by atoms with Crippen LogP contribution in [-0.2, 0) is 17.9 Å². The Morgan fingerprint density at radius 1 is 1.32 bits per heavy atom. The van der Waals surface area contributed by atoms with Crippen molar-refractivity contribution in [2.24, 2.45) is 0 Å². The molecule has 9 heteroatoms. The summed E-state index contributed by atoms with van der Waals surface area (Å²) in [6.07, 6.45) is 6.75. The molecule has 2 aliphatic carbocycles. The van der Waals surface area contributed by atoms with Crippen molar-refractivity contribution in [3.05, 3.63) is 40.6 Å². The Morgan fingerprint density at radius 3 is 2.80 bits per heavy atom. The topological polar surface area (TPSA) is 115 Å². The van der Waals surface area contributed by atoms with E-state index in [1.807, 2.05) is 0 Å². The lowest BCUT2D eigenvalue weighted by Crippen LogP contribution is -2.46. The van der Waals surface area contributed by atoms with Gasteiger partial charge in [-0.2, -0.15) is 0 Å². The van der Waals surface area contributed by atoms with E-state index in [1.54, 1.807) is 12.3 Å². The van der Waals surface area contributed by atoms with Crippen molar-refractivity contribution in [3.8, 4) is 0 Å². The van der Waals surface area contributed by atoms with Crippen LogP contribution in [0.3, 0.4) is 0 Å². The summed E-state index contributed by atoms with van der Waals surface area (Å²) in [7, 11) is 0. The molecule has 2 heterocycles. The number of aliphatic hydroxyl groups excluding tert-OH is 1. The summed E-state index contributed by atoms with van der Waals surface area (Å²) < 4.78 is 3.35. The first-order valence-corrected chi connectivity index (χ1v) is 8.51. The number of carbonyl (C=O) groups is 1. The first-order valence-electron chi connectivity index (χ1n) is 8.51. The fraction of sp³-hybridized carbons (Fsp3) is 0.562. The van der Waals surface area contributed by atoms with Crippen molar-refractivity contribution in [2.75, 3.05) is 0 Å². The van der Waals surface area contributed by atoms with Gasteiger partial charge in [-0.3, -0.25) is 9.36 Å². The fourth-order valence-corrected chi connectivity index (χ4v) is 3.34. The van der Waals surface area contributed by atoms with Gasteiger partial charge >= 0.3 is 5.69 Å². The highest BCUT2D eigenvalue weighted by atomic mass is 16.3. The summed E-state index contributed by atoms with van der Waals surface area (Å²) in [4.78, 5) is 27.2. The zero-order valence-corrected chi connectivity index (χ0v) is 13.7. The van der Waals surface area contributed by atoms with E-state index < -0.39 is 5.69 Å². The number of aromatic nitrogens is 5. The van der Waals surface area contributed by atoms with Crippen molar-refractivity contribution in [3.63, 3.8) is 0 Å². The number of aliphatic hydroxyl groups is 1. The highest BCUT2D eigenvalue weighted by Crippen LogP contribution is 2.42. The SMILES string of the molecule is O=C(Cn1cccnc1=O)NC1CC(c2nnc(CO)n2C2CC2)C1. The predicted molar refractivity (Wildman–Crippen MR) is 86.6 cm³/mol. The summed E-state index contributed by atoms with van der Waals surface area (Å²) in [5, 5.41) is 20.7. The molecule has 2 N–H and O–H groups in total. The molecule has 0 saturated heterocycles. The maximum Gasteiger partial charge on any atom is 0.347 e. The van der Waals surface area contributed by atoms with Crippen LogP contribution in [0.25, 0.3) is 0 Å². The monoisotopic (exact) mass is 344 g/mol. The molecule has 9 nitrogen and oxygen atoms in total. The third-order valence-corrected chi connectivity index (χ3v) is 4.81. The van der Waals surface area contributed by atoms with Crippen LogP contribution in [0.1, 0.15) is 49.3 Å². The molecule has 4 rings (SSSR count). The van der Waals surface area contributed by atoms with Gasteiger partial charge in [0, 0.05) is 30.4 Å². The molecule has 0 unspecified atom stereocenters. The Balaban J connectivity index is 1.34. The number of hydrogen-bond acceptors (Lipinski definition) is 6. The van der Waals surface area contributed by atoms with Gasteiger partial charge in [0.15, 0.2) is 5.82 Å². The third kappa shape index (κ3) is 3.19. The van der Waals surface area contributed by atoms with Crippen LogP contribution in [-0.4, -0.2) is 41.4 Å². The molecule has 0 radical (unpaired) electrons. The Morgan fingerprint density at radius 2 is 2.12 bits per heavy atom. The second kappa shape index (κ2) is 6.40. The number of hydrogen-bond donors (Lipinski definition) is 2. The molecule has 2 saturated carbocycles. The lowest BCUT2D eigenvalue weighted by atomic mass is 9.79. The quantitative estimate of drug-likeness (QED) is 0.745. The molecular formula is C16H20N6O3. The Kier molecular flexibility index (Phi) is 4.08. The zero-order chi connectivity index (χ0) is 17.4. The van der Waals surface area contributed by atoms with Crippen LogP contribution in [0.4, 0.5) is 0 Å². The second-order valence-corrected chi connectivity index (χ2v) is 6.70. The standard InChI is InChI=1S/C16H20N6O3/c23-9-13-19-20-15(22(13)12-2-3-12)10-6-11(7-10)18-14(24)8-21-5-1-4-17-16(21)25/h1,4-5,10-12,23H,2-3,6-9H2,(H,18,24). The van der Waals surface area contributed by atoms with E-state index in [1.165, 1.54) is 10.8 Å². The summed E-state index contributed by atoms with van der Waals surface area (Å²) in [5.41, 5.74) is -0.432. The average Bonchev–Trinajstić information content (AvgIpc) is 3.32. The molecule has 0 aliphatic heterocycles. The number of rotatable bonds is 6. The van der Waals surface area contributed by atoms with E-state index in [0.717, 1.165) is 31.5 Å². The number of amides is 1. The molecule has 2 aromatic rings. The van der Waals surface area contributed by atoms with Crippen LogP contribution in [0.15, 0.2) is 23.3 Å². The molecule has 2 aliphatic rings. The van der Waals surface area contributed by atoms with E-state index in [2.05, 4.69) is 25.1 Å². The Bertz CT molecular complexity index is 834. The van der Waals surface area contributed by atoms with Crippen LogP contribution in [0, 0.1) is 0 Å². The van der Waals surface area contributed by atoms with Crippen LogP contribution < -0.4 is 11.0 Å². The highest BCUT2D eigenvalue weighted by molar-refractivity contribution is 5.76. The van der Waals surface area contributed by atoms with Crippen molar-refractivity contribution in [1.29, 1.82) is 0 Å². The maximum absolute atomic E-state index is 12.1. The summed E-state index contributed by atoms with van der Waals surface area (Å²) in [6, 6.07) is 2.11. The number of nitrogens with one attached hydrogen (secondary N) is 1. The van der Waals surface area contributed by atoms with Gasteiger partial charge in [0.1, 0.15) is 19.0 Å². The molecule has 0 atom stereocenters. The number of nitrogens with zero attached hydrogens (tertiary/aromatic N) is 5. The zero-order valence-electron chi connectivity index (χ0n) is 13.7. The smallest absolute Gasteiger partial charge is 0.347 e. The number of carbonyl (C=O) groups excluding carboxylic acids is 1. The van der Waals surface area contributed by atoms with Crippen molar-refractivity contribution in [2.45, 2.75) is 56.8 Å². The third-order valence-electron chi connectivity index (χ3n) is 4.81. The van der Waals surface area contributed by atoms with Crippen LogP contribution in [0.5, 0.6) is 0 Å². The van der Waals surface area contributed by atoms with E-state index in [4.69, 9.17) is 0 Å². The largest absolute Gasteiger partial charge is 0.388 e. The summed E-state index contributed by atoms with van der Waals surface area (Å²) in [6.45, 7) is -0.128. The molecule has 0 bridgehead atoms. The van der Waals surface area contributed by atoms with Crippen molar-refractivity contribution < 1.29 is 9.90 Å². The first kappa shape index (κ1) is 15.9. The molecule has 2 fully saturated rings. The molecule has 1 amide bonds. The van der Waals surface area contributed by atoms with E-state index >= 15 is 0 Å².